The maximum absolute atomic E-state index is 5.96. The van der Waals surface area contributed by atoms with Gasteiger partial charge in [0, 0.05) is 5.56 Å². The summed E-state index contributed by atoms with van der Waals surface area (Å²) in [4.78, 5) is 4.40. The second-order valence-electron chi connectivity index (χ2n) is 4.71. The number of aryl methyl sites for hydroxylation is 1. The molecule has 4 N–H and O–H groups in total. The van der Waals surface area contributed by atoms with E-state index in [0.717, 1.165) is 16.8 Å². The fourth-order valence-electron chi connectivity index (χ4n) is 2.22. The van der Waals surface area contributed by atoms with Gasteiger partial charge in [-0.1, -0.05) is 54.6 Å². The van der Waals surface area contributed by atoms with E-state index in [2.05, 4.69) is 29.2 Å². The largest absolute Gasteiger partial charge is 0.382 e. The first-order valence-corrected chi connectivity index (χ1v) is 6.42. The van der Waals surface area contributed by atoms with Crippen LogP contribution in [0.1, 0.15) is 5.82 Å². The van der Waals surface area contributed by atoms with E-state index in [1.165, 1.54) is 10.2 Å². The summed E-state index contributed by atoms with van der Waals surface area (Å²) < 4.78 is 1.40. The van der Waals surface area contributed by atoms with E-state index in [0.29, 0.717) is 11.6 Å². The highest BCUT2D eigenvalue weighted by Gasteiger charge is 2.11. The summed E-state index contributed by atoms with van der Waals surface area (Å²) in [6, 6.07) is 18.4. The number of hydrogen-bond acceptors (Lipinski definition) is 3. The van der Waals surface area contributed by atoms with E-state index in [9.17, 15) is 0 Å². The van der Waals surface area contributed by atoms with Gasteiger partial charge in [-0.15, -0.1) is 0 Å². The third-order valence-electron chi connectivity index (χ3n) is 3.39. The maximum Gasteiger partial charge on any atom is 0.150 e. The topological polar surface area (TPSA) is 69.9 Å². The van der Waals surface area contributed by atoms with Gasteiger partial charge in [-0.05, 0) is 18.1 Å². The monoisotopic (exact) mass is 264 g/mol. The van der Waals surface area contributed by atoms with Crippen LogP contribution >= 0.6 is 0 Å². The highest BCUT2D eigenvalue weighted by atomic mass is 15.4. The van der Waals surface area contributed by atoms with E-state index >= 15 is 0 Å². The molecule has 0 aliphatic rings. The molecule has 0 saturated heterocycles. The van der Waals surface area contributed by atoms with Crippen LogP contribution < -0.4 is 11.6 Å². The average Bonchev–Trinajstić information content (AvgIpc) is 2.76. The van der Waals surface area contributed by atoms with Crippen LogP contribution in [-0.2, 0) is 0 Å². The molecule has 0 atom stereocenters. The molecule has 0 unspecified atom stereocenters. The van der Waals surface area contributed by atoms with Crippen molar-refractivity contribution >= 4 is 5.82 Å². The molecule has 0 saturated carbocycles. The van der Waals surface area contributed by atoms with Crippen molar-refractivity contribution in [1.82, 2.24) is 9.66 Å². The number of rotatable bonds is 2. The van der Waals surface area contributed by atoms with Crippen LogP contribution in [0.3, 0.4) is 0 Å². The van der Waals surface area contributed by atoms with Crippen LogP contribution in [0.25, 0.3) is 22.4 Å². The van der Waals surface area contributed by atoms with Crippen LogP contribution in [0.4, 0.5) is 5.82 Å². The zero-order valence-corrected chi connectivity index (χ0v) is 11.2. The lowest BCUT2D eigenvalue weighted by Crippen LogP contribution is -2.13. The molecule has 3 rings (SSSR count). The second kappa shape index (κ2) is 4.74. The Balaban J connectivity index is 1.99. The van der Waals surface area contributed by atoms with Crippen molar-refractivity contribution in [2.24, 2.45) is 0 Å². The quantitative estimate of drug-likeness (QED) is 0.699. The van der Waals surface area contributed by atoms with Crippen LogP contribution in [0.2, 0.25) is 0 Å². The summed E-state index contributed by atoms with van der Waals surface area (Å²) in [5, 5.41) is 0. The molecule has 0 fully saturated rings. The summed E-state index contributed by atoms with van der Waals surface area (Å²) in [7, 11) is 0. The first kappa shape index (κ1) is 12.3. The maximum atomic E-state index is 5.96. The molecule has 3 aromatic rings. The molecule has 1 heterocycles. The number of nitrogens with zero attached hydrogens (tertiary/aromatic N) is 2. The number of aromatic nitrogens is 2. The molecule has 4 nitrogen and oxygen atoms in total. The van der Waals surface area contributed by atoms with Crippen molar-refractivity contribution in [3.63, 3.8) is 0 Å². The third-order valence-corrected chi connectivity index (χ3v) is 3.39. The standard InChI is InChI=1S/C16H16N4/c1-11-19-15(16(17)20(11)18)14-9-7-13(8-10-14)12-5-3-2-4-6-12/h2-10H,17-18H2,1H3. The predicted octanol–water partition coefficient (Wildman–Crippen LogP) is 2.82. The smallest absolute Gasteiger partial charge is 0.150 e. The van der Waals surface area contributed by atoms with Crippen molar-refractivity contribution < 1.29 is 0 Å². The lowest BCUT2D eigenvalue weighted by Gasteiger charge is -2.04. The minimum absolute atomic E-state index is 0.481. The van der Waals surface area contributed by atoms with Gasteiger partial charge in [0.15, 0.2) is 5.82 Å². The molecule has 100 valence electrons. The van der Waals surface area contributed by atoms with Crippen LogP contribution in [-0.4, -0.2) is 9.66 Å². The summed E-state index contributed by atoms with van der Waals surface area (Å²) in [5.74, 6) is 6.97. The van der Waals surface area contributed by atoms with Gasteiger partial charge in [0.2, 0.25) is 0 Å². The number of hydrogen-bond donors (Lipinski definition) is 2. The fraction of sp³-hybridized carbons (Fsp3) is 0.0625. The van der Waals surface area contributed by atoms with Crippen LogP contribution in [0.15, 0.2) is 54.6 Å². The molecule has 2 aromatic carbocycles. The van der Waals surface area contributed by atoms with Crippen molar-refractivity contribution in [2.75, 3.05) is 11.6 Å². The zero-order valence-electron chi connectivity index (χ0n) is 11.2. The van der Waals surface area contributed by atoms with Crippen molar-refractivity contribution in [3.05, 3.63) is 60.4 Å². The lowest BCUT2D eigenvalue weighted by atomic mass is 10.0. The summed E-state index contributed by atoms with van der Waals surface area (Å²) in [6.45, 7) is 1.83. The van der Waals surface area contributed by atoms with Gasteiger partial charge in [0.1, 0.15) is 11.5 Å². The fourth-order valence-corrected chi connectivity index (χ4v) is 2.22. The minimum atomic E-state index is 0.481. The molecule has 0 aliphatic carbocycles. The van der Waals surface area contributed by atoms with Gasteiger partial charge in [-0.3, -0.25) is 0 Å². The van der Waals surface area contributed by atoms with E-state index in [-0.39, 0.29) is 0 Å². The van der Waals surface area contributed by atoms with Crippen molar-refractivity contribution in [3.8, 4) is 22.4 Å². The summed E-state index contributed by atoms with van der Waals surface area (Å²) in [5.41, 5.74) is 10.0. The summed E-state index contributed by atoms with van der Waals surface area (Å²) in [6.07, 6.45) is 0. The Kier molecular flexibility index (Phi) is 2.91. The SMILES string of the molecule is Cc1nc(-c2ccc(-c3ccccc3)cc2)c(N)n1N. The van der Waals surface area contributed by atoms with E-state index in [1.807, 2.05) is 37.3 Å². The molecule has 0 radical (unpaired) electrons. The second-order valence-corrected chi connectivity index (χ2v) is 4.71. The number of imidazole rings is 1. The van der Waals surface area contributed by atoms with E-state index in [4.69, 9.17) is 11.6 Å². The molecular formula is C16H16N4. The number of nitrogen functional groups attached to an aromatic ring is 2. The van der Waals surface area contributed by atoms with Gasteiger partial charge >= 0.3 is 0 Å². The van der Waals surface area contributed by atoms with Crippen molar-refractivity contribution in [2.45, 2.75) is 6.92 Å². The molecule has 1 aromatic heterocycles. The molecule has 20 heavy (non-hydrogen) atoms. The zero-order chi connectivity index (χ0) is 14.1. The first-order valence-electron chi connectivity index (χ1n) is 6.42. The third kappa shape index (κ3) is 2.01. The normalized spacial score (nSPS) is 10.7. The highest BCUT2D eigenvalue weighted by molar-refractivity contribution is 5.74. The van der Waals surface area contributed by atoms with Gasteiger partial charge in [0.05, 0.1) is 0 Å². The highest BCUT2D eigenvalue weighted by Crippen LogP contribution is 2.27. The molecule has 0 amide bonds. The molecule has 0 bridgehead atoms. The van der Waals surface area contributed by atoms with Gasteiger partial charge < -0.3 is 11.6 Å². The van der Waals surface area contributed by atoms with Crippen LogP contribution in [0.5, 0.6) is 0 Å². The summed E-state index contributed by atoms with van der Waals surface area (Å²) >= 11 is 0. The van der Waals surface area contributed by atoms with Gasteiger partial charge in [0.25, 0.3) is 0 Å². The molecule has 4 heteroatoms. The Morgan fingerprint density at radius 3 is 1.95 bits per heavy atom. The number of nitrogens with two attached hydrogens (primary N) is 2. The number of benzene rings is 2. The Hall–Kier alpha value is -2.75. The Bertz CT molecular complexity index is 727. The molecule has 0 aliphatic heterocycles. The number of anilines is 1. The van der Waals surface area contributed by atoms with E-state index in [1.54, 1.807) is 0 Å². The predicted molar refractivity (Wildman–Crippen MR) is 82.4 cm³/mol. The van der Waals surface area contributed by atoms with E-state index < -0.39 is 0 Å². The minimum Gasteiger partial charge on any atom is -0.382 e. The van der Waals surface area contributed by atoms with Gasteiger partial charge in [-0.2, -0.15) is 0 Å². The Morgan fingerprint density at radius 1 is 0.850 bits per heavy atom. The lowest BCUT2D eigenvalue weighted by molar-refractivity contribution is 0.937. The van der Waals surface area contributed by atoms with Crippen molar-refractivity contribution in [1.29, 1.82) is 0 Å². The van der Waals surface area contributed by atoms with Crippen LogP contribution in [0, 0.1) is 6.92 Å². The Morgan fingerprint density at radius 2 is 1.40 bits per heavy atom. The first-order chi connectivity index (χ1) is 9.66. The molecular weight excluding hydrogens is 248 g/mol. The Labute approximate surface area is 117 Å². The van der Waals surface area contributed by atoms with Gasteiger partial charge in [-0.25, -0.2) is 9.66 Å². The average molecular weight is 264 g/mol. The molecule has 0 spiro atoms.